The van der Waals surface area contributed by atoms with Crippen molar-refractivity contribution in [3.05, 3.63) is 28.7 Å². The third-order valence-electron chi connectivity index (χ3n) is 3.50. The second kappa shape index (κ2) is 6.87. The van der Waals surface area contributed by atoms with E-state index in [1.807, 2.05) is 12.1 Å². The van der Waals surface area contributed by atoms with E-state index in [1.54, 1.807) is 6.07 Å². The van der Waals surface area contributed by atoms with Crippen LogP contribution >= 0.6 is 0 Å². The molecule has 1 aromatic carbocycles. The van der Waals surface area contributed by atoms with Crippen LogP contribution in [0.1, 0.15) is 59.9 Å². The molecular weight excluding hydrogens is 248 g/mol. The number of anilines is 1. The summed E-state index contributed by atoms with van der Waals surface area (Å²) in [6.45, 7) is 13.2. The molecule has 112 valence electrons. The molecule has 1 N–H and O–H groups in total. The summed E-state index contributed by atoms with van der Waals surface area (Å²) in [5.41, 5.74) is 2.74. The zero-order valence-corrected chi connectivity index (χ0v) is 13.7. The lowest BCUT2D eigenvalue weighted by atomic mass is 9.85. The fraction of sp³-hybridized carbons (Fsp3) is 0.647. The summed E-state index contributed by atoms with van der Waals surface area (Å²) in [5.74, 6) is 0.725. The normalized spacial score (nSPS) is 13.3. The monoisotopic (exact) mass is 276 g/mol. The molecule has 1 rings (SSSR count). The van der Waals surface area contributed by atoms with Crippen LogP contribution in [0.5, 0.6) is 0 Å². The lowest BCUT2D eigenvalue weighted by Crippen LogP contribution is -2.20. The first-order valence-corrected chi connectivity index (χ1v) is 7.48. The molecule has 0 aromatic heterocycles. The molecule has 0 spiro atoms. The second-order valence-electron chi connectivity index (χ2n) is 7.09. The minimum absolute atomic E-state index is 0.0131. The predicted octanol–water partition coefficient (Wildman–Crippen LogP) is 5.62. The molecule has 3 nitrogen and oxygen atoms in total. The predicted molar refractivity (Wildman–Crippen MR) is 87.8 cm³/mol. The van der Waals surface area contributed by atoms with Crippen molar-refractivity contribution in [3.63, 3.8) is 0 Å². The number of nitroso groups, excluding NO2 is 1. The van der Waals surface area contributed by atoms with Crippen LogP contribution in [0.25, 0.3) is 0 Å². The zero-order chi connectivity index (χ0) is 15.3. The van der Waals surface area contributed by atoms with Crippen LogP contribution < -0.4 is 5.32 Å². The Bertz CT molecular complexity index is 447. The van der Waals surface area contributed by atoms with E-state index in [1.165, 1.54) is 6.42 Å². The highest BCUT2D eigenvalue weighted by Gasteiger charge is 2.19. The van der Waals surface area contributed by atoms with Crippen molar-refractivity contribution in [2.75, 3.05) is 5.32 Å². The highest BCUT2D eigenvalue weighted by molar-refractivity contribution is 5.60. The van der Waals surface area contributed by atoms with Gasteiger partial charge in [-0.1, -0.05) is 34.6 Å². The first-order chi connectivity index (χ1) is 9.24. The average molecular weight is 276 g/mol. The third kappa shape index (κ3) is 4.95. The molecule has 3 heteroatoms. The van der Waals surface area contributed by atoms with Gasteiger partial charge in [0.1, 0.15) is 5.69 Å². The van der Waals surface area contributed by atoms with Crippen molar-refractivity contribution < 1.29 is 0 Å². The summed E-state index contributed by atoms with van der Waals surface area (Å²) in [5, 5.41) is 6.63. The van der Waals surface area contributed by atoms with Gasteiger partial charge in [-0.2, -0.15) is 0 Å². The molecule has 1 unspecified atom stereocenters. The second-order valence-corrected chi connectivity index (χ2v) is 7.09. The van der Waals surface area contributed by atoms with Crippen molar-refractivity contribution in [2.45, 2.75) is 65.8 Å². The van der Waals surface area contributed by atoms with Gasteiger partial charge in [-0.05, 0) is 60.0 Å². The van der Waals surface area contributed by atoms with Gasteiger partial charge < -0.3 is 5.32 Å². The minimum Gasteiger partial charge on any atom is -0.382 e. The van der Waals surface area contributed by atoms with Gasteiger partial charge in [-0.15, -0.1) is 4.91 Å². The fourth-order valence-corrected chi connectivity index (χ4v) is 2.26. The highest BCUT2D eigenvalue weighted by Crippen LogP contribution is 2.33. The standard InChI is InChI=1S/C17H28N2O/c1-12(2)7-8-13(3)18-16-10-9-14(19-20)11-15(16)17(4,5)6/h9-13,18H,7-8H2,1-6H3. The maximum absolute atomic E-state index is 10.7. The van der Waals surface area contributed by atoms with Gasteiger partial charge in [0.05, 0.1) is 0 Å². The van der Waals surface area contributed by atoms with Crippen molar-refractivity contribution in [3.8, 4) is 0 Å². The van der Waals surface area contributed by atoms with Gasteiger partial charge >= 0.3 is 0 Å². The van der Waals surface area contributed by atoms with E-state index >= 15 is 0 Å². The number of nitrogens with zero attached hydrogens (tertiary/aromatic N) is 1. The van der Waals surface area contributed by atoms with Crippen LogP contribution in [0.4, 0.5) is 11.4 Å². The van der Waals surface area contributed by atoms with E-state index in [9.17, 15) is 4.91 Å². The molecule has 1 aromatic rings. The molecule has 0 saturated carbocycles. The molecule has 0 aliphatic heterocycles. The topological polar surface area (TPSA) is 41.5 Å². The number of benzene rings is 1. The van der Waals surface area contributed by atoms with Gasteiger partial charge in [0.2, 0.25) is 0 Å². The van der Waals surface area contributed by atoms with Gasteiger partial charge in [0.25, 0.3) is 0 Å². The molecule has 0 fully saturated rings. The van der Waals surface area contributed by atoms with E-state index in [-0.39, 0.29) is 5.41 Å². The maximum Gasteiger partial charge on any atom is 0.108 e. The highest BCUT2D eigenvalue weighted by atomic mass is 16.3. The molecular formula is C17H28N2O. The maximum atomic E-state index is 10.7. The van der Waals surface area contributed by atoms with Crippen molar-refractivity contribution in [2.24, 2.45) is 11.1 Å². The Morgan fingerprint density at radius 2 is 1.80 bits per heavy atom. The zero-order valence-electron chi connectivity index (χ0n) is 13.7. The molecule has 0 saturated heterocycles. The van der Waals surface area contributed by atoms with Gasteiger partial charge in [-0.25, -0.2) is 0 Å². The summed E-state index contributed by atoms with van der Waals surface area (Å²) < 4.78 is 0. The summed E-state index contributed by atoms with van der Waals surface area (Å²) in [7, 11) is 0. The van der Waals surface area contributed by atoms with Gasteiger partial charge in [-0.3, -0.25) is 0 Å². The Kier molecular flexibility index (Phi) is 5.73. The van der Waals surface area contributed by atoms with Crippen molar-refractivity contribution >= 4 is 11.4 Å². The molecule has 0 heterocycles. The Morgan fingerprint density at radius 3 is 2.30 bits per heavy atom. The Hall–Kier alpha value is -1.38. The Morgan fingerprint density at radius 1 is 1.15 bits per heavy atom. The van der Waals surface area contributed by atoms with Crippen LogP contribution in [0.15, 0.2) is 23.4 Å². The molecule has 0 radical (unpaired) electrons. The van der Waals surface area contributed by atoms with E-state index in [2.05, 4.69) is 52.0 Å². The molecule has 0 aliphatic carbocycles. The summed E-state index contributed by atoms with van der Waals surface area (Å²) in [6, 6.07) is 6.07. The van der Waals surface area contributed by atoms with E-state index in [0.29, 0.717) is 11.7 Å². The van der Waals surface area contributed by atoms with E-state index in [0.717, 1.165) is 23.6 Å². The molecule has 20 heavy (non-hydrogen) atoms. The van der Waals surface area contributed by atoms with Crippen molar-refractivity contribution in [1.82, 2.24) is 0 Å². The summed E-state index contributed by atoms with van der Waals surface area (Å²) in [6.07, 6.45) is 2.36. The van der Waals surface area contributed by atoms with Crippen molar-refractivity contribution in [1.29, 1.82) is 0 Å². The lowest BCUT2D eigenvalue weighted by Gasteiger charge is -2.26. The minimum atomic E-state index is -0.0131. The molecule has 0 aliphatic rings. The smallest absolute Gasteiger partial charge is 0.108 e. The van der Waals surface area contributed by atoms with E-state index in [4.69, 9.17) is 0 Å². The van der Waals surface area contributed by atoms with Crippen LogP contribution in [-0.2, 0) is 5.41 Å². The first kappa shape index (κ1) is 16.7. The van der Waals surface area contributed by atoms with Crippen LogP contribution in [0, 0.1) is 10.8 Å². The largest absolute Gasteiger partial charge is 0.382 e. The number of rotatable bonds is 6. The van der Waals surface area contributed by atoms with Crippen LogP contribution in [0.3, 0.4) is 0 Å². The summed E-state index contributed by atoms with van der Waals surface area (Å²) >= 11 is 0. The summed E-state index contributed by atoms with van der Waals surface area (Å²) in [4.78, 5) is 10.7. The van der Waals surface area contributed by atoms with Gasteiger partial charge in [0.15, 0.2) is 0 Å². The lowest BCUT2D eigenvalue weighted by molar-refractivity contribution is 0.526. The number of hydrogen-bond acceptors (Lipinski definition) is 3. The third-order valence-corrected chi connectivity index (χ3v) is 3.50. The molecule has 0 amide bonds. The Balaban J connectivity index is 2.91. The van der Waals surface area contributed by atoms with Gasteiger partial charge in [0, 0.05) is 11.7 Å². The first-order valence-electron chi connectivity index (χ1n) is 7.48. The number of nitrogens with one attached hydrogen (secondary N) is 1. The Labute approximate surface area is 123 Å². The van der Waals surface area contributed by atoms with Crippen LogP contribution in [-0.4, -0.2) is 6.04 Å². The molecule has 0 bridgehead atoms. The molecule has 1 atom stereocenters. The average Bonchev–Trinajstić information content (AvgIpc) is 2.35. The van der Waals surface area contributed by atoms with Crippen LogP contribution in [0.2, 0.25) is 0 Å². The van der Waals surface area contributed by atoms with E-state index < -0.39 is 0 Å². The SMILES string of the molecule is CC(C)CCC(C)Nc1ccc(N=O)cc1C(C)(C)C. The number of hydrogen-bond donors (Lipinski definition) is 1. The fourth-order valence-electron chi connectivity index (χ4n) is 2.26. The quantitative estimate of drug-likeness (QED) is 0.685.